The minimum Gasteiger partial charge on any atom is -0.341 e. The van der Waals surface area contributed by atoms with E-state index in [1.807, 2.05) is 30.3 Å². The van der Waals surface area contributed by atoms with Crippen molar-refractivity contribution in [1.29, 1.82) is 0 Å². The minimum absolute atomic E-state index is 0.421. The molecule has 1 fully saturated rings. The first kappa shape index (κ1) is 19.8. The molecule has 0 amide bonds. The Balaban J connectivity index is 1.57. The van der Waals surface area contributed by atoms with Crippen LogP contribution >= 0.6 is 0 Å². The molecule has 0 atom stereocenters. The normalized spacial score (nSPS) is 14.1. The zero-order chi connectivity index (χ0) is 20.8. The number of aryl methyl sites for hydroxylation is 2. The van der Waals surface area contributed by atoms with Gasteiger partial charge in [-0.15, -0.1) is 0 Å². The van der Waals surface area contributed by atoms with Gasteiger partial charge < -0.3 is 10.2 Å². The predicted octanol–water partition coefficient (Wildman–Crippen LogP) is 4.67. The van der Waals surface area contributed by atoms with Crippen molar-refractivity contribution in [2.45, 2.75) is 33.1 Å². The van der Waals surface area contributed by atoms with Crippen LogP contribution in [0.5, 0.6) is 0 Å². The summed E-state index contributed by atoms with van der Waals surface area (Å²) in [4.78, 5) is 16.0. The first-order chi connectivity index (χ1) is 14.7. The van der Waals surface area contributed by atoms with E-state index >= 15 is 0 Å². The number of benzene rings is 2. The SMILES string of the molecule is Cc1ccc(/C=N/Nc2nc(Nc3ccccc3)nc(N3CCCCC3)n2)c(C)c1. The average molecular weight is 402 g/mol. The Hall–Kier alpha value is -3.48. The van der Waals surface area contributed by atoms with Crippen LogP contribution in [-0.4, -0.2) is 34.3 Å². The van der Waals surface area contributed by atoms with Gasteiger partial charge in [0.15, 0.2) is 0 Å². The van der Waals surface area contributed by atoms with Crippen LogP contribution in [-0.2, 0) is 0 Å². The molecular formula is C23H27N7. The molecule has 0 unspecified atom stereocenters. The van der Waals surface area contributed by atoms with E-state index in [0.717, 1.165) is 37.2 Å². The molecule has 30 heavy (non-hydrogen) atoms. The lowest BCUT2D eigenvalue weighted by Gasteiger charge is -2.26. The van der Waals surface area contributed by atoms with Gasteiger partial charge in [-0.3, -0.25) is 0 Å². The third-order valence-corrected chi connectivity index (χ3v) is 5.09. The van der Waals surface area contributed by atoms with Crippen molar-refractivity contribution >= 4 is 29.7 Å². The maximum absolute atomic E-state index is 4.64. The Morgan fingerprint density at radius 2 is 1.67 bits per heavy atom. The Kier molecular flexibility index (Phi) is 6.17. The van der Waals surface area contributed by atoms with Gasteiger partial charge in [-0.1, -0.05) is 42.0 Å². The molecule has 2 N–H and O–H groups in total. The molecule has 0 spiro atoms. The predicted molar refractivity (Wildman–Crippen MR) is 123 cm³/mol. The van der Waals surface area contributed by atoms with E-state index in [9.17, 15) is 0 Å². The van der Waals surface area contributed by atoms with Crippen LogP contribution in [0, 0.1) is 13.8 Å². The number of para-hydroxylation sites is 1. The highest BCUT2D eigenvalue weighted by atomic mass is 15.4. The highest BCUT2D eigenvalue weighted by Gasteiger charge is 2.16. The van der Waals surface area contributed by atoms with Gasteiger partial charge in [0.1, 0.15) is 0 Å². The summed E-state index contributed by atoms with van der Waals surface area (Å²) in [6, 6.07) is 16.2. The molecule has 7 nitrogen and oxygen atoms in total. The third-order valence-electron chi connectivity index (χ3n) is 5.09. The molecule has 0 saturated carbocycles. The van der Waals surface area contributed by atoms with E-state index in [4.69, 9.17) is 0 Å². The summed E-state index contributed by atoms with van der Waals surface area (Å²) in [6.45, 7) is 6.08. The number of anilines is 4. The monoisotopic (exact) mass is 401 g/mol. The first-order valence-electron chi connectivity index (χ1n) is 10.4. The molecule has 2 heterocycles. The molecule has 7 heteroatoms. The third kappa shape index (κ3) is 5.11. The zero-order valence-electron chi connectivity index (χ0n) is 17.5. The van der Waals surface area contributed by atoms with Crippen molar-refractivity contribution in [3.63, 3.8) is 0 Å². The molecule has 1 aliphatic heterocycles. The summed E-state index contributed by atoms with van der Waals surface area (Å²) in [5.41, 5.74) is 7.38. The smallest absolute Gasteiger partial charge is 0.250 e. The highest BCUT2D eigenvalue weighted by molar-refractivity contribution is 5.82. The van der Waals surface area contributed by atoms with E-state index in [0.29, 0.717) is 17.8 Å². The molecule has 0 aliphatic carbocycles. The summed E-state index contributed by atoms with van der Waals surface area (Å²) in [7, 11) is 0. The average Bonchev–Trinajstić information content (AvgIpc) is 2.76. The molecule has 1 aliphatic rings. The maximum Gasteiger partial charge on any atom is 0.250 e. The van der Waals surface area contributed by atoms with E-state index in [2.05, 4.69) is 67.7 Å². The standard InChI is InChI=1S/C23H27N7/c1-17-11-12-19(18(2)15-17)16-24-29-22-26-21(25-20-9-5-3-6-10-20)27-23(28-22)30-13-7-4-8-14-30/h3,5-6,9-12,15-16H,4,7-8,13-14H2,1-2H3,(H2,25,26,27,28,29)/b24-16+. The second kappa shape index (κ2) is 9.35. The lowest BCUT2D eigenvalue weighted by molar-refractivity contribution is 0.568. The Morgan fingerprint density at radius 1 is 0.900 bits per heavy atom. The van der Waals surface area contributed by atoms with Gasteiger partial charge in [0, 0.05) is 18.8 Å². The van der Waals surface area contributed by atoms with Gasteiger partial charge in [0.05, 0.1) is 6.21 Å². The van der Waals surface area contributed by atoms with E-state index in [1.54, 1.807) is 6.21 Å². The Bertz CT molecular complexity index is 1010. The van der Waals surface area contributed by atoms with E-state index in [1.165, 1.54) is 17.5 Å². The van der Waals surface area contributed by atoms with Crippen molar-refractivity contribution < 1.29 is 0 Å². The Morgan fingerprint density at radius 3 is 2.43 bits per heavy atom. The molecule has 0 radical (unpaired) electrons. The summed E-state index contributed by atoms with van der Waals surface area (Å²) >= 11 is 0. The number of piperidine rings is 1. The van der Waals surface area contributed by atoms with Crippen molar-refractivity contribution in [3.05, 3.63) is 65.2 Å². The van der Waals surface area contributed by atoms with Crippen LogP contribution < -0.4 is 15.6 Å². The number of hydrazone groups is 1. The molecule has 3 aromatic rings. The van der Waals surface area contributed by atoms with Crippen LogP contribution in [0.3, 0.4) is 0 Å². The molecule has 1 aromatic heterocycles. The van der Waals surface area contributed by atoms with Gasteiger partial charge in [-0.2, -0.15) is 20.1 Å². The summed E-state index contributed by atoms with van der Waals surface area (Å²) in [6.07, 6.45) is 5.35. The van der Waals surface area contributed by atoms with Gasteiger partial charge in [-0.05, 0) is 56.4 Å². The summed E-state index contributed by atoms with van der Waals surface area (Å²) in [5.74, 6) is 1.60. The summed E-state index contributed by atoms with van der Waals surface area (Å²) < 4.78 is 0. The number of aromatic nitrogens is 3. The minimum atomic E-state index is 0.421. The van der Waals surface area contributed by atoms with Crippen molar-refractivity contribution in [3.8, 4) is 0 Å². The number of rotatable bonds is 6. The highest BCUT2D eigenvalue weighted by Crippen LogP contribution is 2.20. The van der Waals surface area contributed by atoms with Crippen LogP contribution in [0.25, 0.3) is 0 Å². The second-order valence-electron chi connectivity index (χ2n) is 7.55. The maximum atomic E-state index is 4.64. The van der Waals surface area contributed by atoms with Gasteiger partial charge >= 0.3 is 0 Å². The number of nitrogens with one attached hydrogen (secondary N) is 2. The number of hydrogen-bond donors (Lipinski definition) is 2. The molecule has 2 aromatic carbocycles. The topological polar surface area (TPSA) is 78.3 Å². The molecular weight excluding hydrogens is 374 g/mol. The van der Waals surface area contributed by atoms with Gasteiger partial charge in [-0.25, -0.2) is 5.43 Å². The van der Waals surface area contributed by atoms with Gasteiger partial charge in [0.25, 0.3) is 0 Å². The van der Waals surface area contributed by atoms with Crippen molar-refractivity contribution in [1.82, 2.24) is 15.0 Å². The van der Waals surface area contributed by atoms with Gasteiger partial charge in [0.2, 0.25) is 17.8 Å². The quantitative estimate of drug-likeness (QED) is 0.462. The fourth-order valence-electron chi connectivity index (χ4n) is 3.49. The van der Waals surface area contributed by atoms with Crippen molar-refractivity contribution in [2.24, 2.45) is 5.10 Å². The largest absolute Gasteiger partial charge is 0.341 e. The van der Waals surface area contributed by atoms with Crippen LogP contribution in [0.1, 0.15) is 36.0 Å². The number of nitrogens with zero attached hydrogens (tertiary/aromatic N) is 5. The summed E-state index contributed by atoms with van der Waals surface area (Å²) in [5, 5.41) is 7.63. The lowest BCUT2D eigenvalue weighted by atomic mass is 10.1. The zero-order valence-corrected chi connectivity index (χ0v) is 17.5. The molecule has 1 saturated heterocycles. The second-order valence-corrected chi connectivity index (χ2v) is 7.55. The van der Waals surface area contributed by atoms with E-state index in [-0.39, 0.29) is 0 Å². The molecule has 4 rings (SSSR count). The molecule has 0 bridgehead atoms. The fourth-order valence-corrected chi connectivity index (χ4v) is 3.49. The lowest BCUT2D eigenvalue weighted by Crippen LogP contribution is -2.31. The number of hydrogen-bond acceptors (Lipinski definition) is 7. The first-order valence-corrected chi connectivity index (χ1v) is 10.4. The van der Waals surface area contributed by atoms with Crippen molar-refractivity contribution in [2.75, 3.05) is 28.7 Å². The fraction of sp³-hybridized carbons (Fsp3) is 0.304. The van der Waals surface area contributed by atoms with Crippen LogP contribution in [0.15, 0.2) is 53.6 Å². The van der Waals surface area contributed by atoms with Crippen LogP contribution in [0.4, 0.5) is 23.5 Å². The molecule has 154 valence electrons. The Labute approximate surface area is 177 Å². The van der Waals surface area contributed by atoms with Crippen LogP contribution in [0.2, 0.25) is 0 Å². The van der Waals surface area contributed by atoms with E-state index < -0.39 is 0 Å².